The van der Waals surface area contributed by atoms with E-state index in [4.69, 9.17) is 5.10 Å². The van der Waals surface area contributed by atoms with Crippen molar-refractivity contribution in [2.45, 2.75) is 0 Å². The fraction of sp³-hybridized carbons (Fsp3) is 0. The molecule has 0 atom stereocenters. The molecule has 0 aliphatic carbocycles. The second-order valence-corrected chi connectivity index (χ2v) is 6.92. The maximum Gasteiger partial charge on any atom is 0.0977 e. The molecular weight excluding hydrogens is 384 g/mol. The van der Waals surface area contributed by atoms with E-state index in [9.17, 15) is 0 Å². The van der Waals surface area contributed by atoms with Crippen molar-refractivity contribution >= 4 is 38.1 Å². The summed E-state index contributed by atoms with van der Waals surface area (Å²) in [4.78, 5) is 0. The Bertz CT molecular complexity index is 1050. The van der Waals surface area contributed by atoms with Gasteiger partial charge in [-0.25, -0.2) is 0 Å². The van der Waals surface area contributed by atoms with Gasteiger partial charge in [-0.1, -0.05) is 88.7 Å². The van der Waals surface area contributed by atoms with Crippen LogP contribution in [0.15, 0.2) is 107 Å². The van der Waals surface area contributed by atoms with Gasteiger partial charge in [-0.05, 0) is 35.0 Å². The van der Waals surface area contributed by atoms with Gasteiger partial charge in [0.25, 0.3) is 0 Å². The predicted molar refractivity (Wildman–Crippen MR) is 114 cm³/mol. The van der Waals surface area contributed by atoms with Gasteiger partial charge in [0, 0.05) is 15.6 Å². The van der Waals surface area contributed by atoms with E-state index in [0.29, 0.717) is 0 Å². The molecule has 0 aromatic heterocycles. The van der Waals surface area contributed by atoms with Crippen LogP contribution in [0.1, 0.15) is 11.1 Å². The maximum absolute atomic E-state index is 4.72. The zero-order valence-electron chi connectivity index (χ0n) is 14.1. The van der Waals surface area contributed by atoms with Gasteiger partial charge in [0.05, 0.1) is 11.4 Å². The molecule has 4 rings (SSSR count). The van der Waals surface area contributed by atoms with Crippen molar-refractivity contribution in [1.29, 1.82) is 0 Å². The molecule has 0 aliphatic rings. The quantitative estimate of drug-likeness (QED) is 0.308. The highest BCUT2D eigenvalue weighted by Gasteiger charge is 2.07. The molecule has 0 heterocycles. The number of nitrogens with zero attached hydrogens (tertiary/aromatic N) is 1. The Labute approximate surface area is 161 Å². The molecule has 0 amide bonds. The van der Waals surface area contributed by atoms with E-state index in [-0.39, 0.29) is 0 Å². The summed E-state index contributed by atoms with van der Waals surface area (Å²) in [6, 6.07) is 33.0. The fourth-order valence-electron chi connectivity index (χ4n) is 2.88. The first-order valence-electron chi connectivity index (χ1n) is 8.43. The Hall–Kier alpha value is -2.91. The van der Waals surface area contributed by atoms with Gasteiger partial charge < -0.3 is 0 Å². The summed E-state index contributed by atoms with van der Waals surface area (Å²) < 4.78 is 1.05. The van der Waals surface area contributed by atoms with E-state index in [1.165, 1.54) is 10.8 Å². The molecule has 0 bridgehead atoms. The molecule has 126 valence electrons. The Morgan fingerprint density at radius 3 is 2.08 bits per heavy atom. The molecule has 4 aromatic carbocycles. The zero-order valence-corrected chi connectivity index (χ0v) is 15.6. The highest BCUT2D eigenvalue weighted by atomic mass is 79.9. The lowest BCUT2D eigenvalue weighted by atomic mass is 10.0. The van der Waals surface area contributed by atoms with Gasteiger partial charge in [-0.3, -0.25) is 5.43 Å². The van der Waals surface area contributed by atoms with Crippen molar-refractivity contribution < 1.29 is 0 Å². The predicted octanol–water partition coefficient (Wildman–Crippen LogP) is 6.47. The van der Waals surface area contributed by atoms with Crippen LogP contribution in [0.3, 0.4) is 0 Å². The van der Waals surface area contributed by atoms with Crippen LogP contribution in [0.4, 0.5) is 5.69 Å². The first-order valence-corrected chi connectivity index (χ1v) is 9.23. The van der Waals surface area contributed by atoms with Crippen LogP contribution in [0.2, 0.25) is 0 Å². The molecule has 2 nitrogen and oxygen atoms in total. The molecule has 0 saturated carbocycles. The molecule has 0 fully saturated rings. The number of halogens is 1. The second kappa shape index (κ2) is 7.54. The van der Waals surface area contributed by atoms with Crippen LogP contribution >= 0.6 is 15.9 Å². The third kappa shape index (κ3) is 3.68. The van der Waals surface area contributed by atoms with Gasteiger partial charge in [-0.15, -0.1) is 0 Å². The SMILES string of the molecule is Brc1ccc(C(=NNc2ccc3ccccc3c2)c2ccccc2)cc1. The third-order valence-corrected chi connectivity index (χ3v) is 4.74. The van der Waals surface area contributed by atoms with E-state index in [1.54, 1.807) is 0 Å². The maximum atomic E-state index is 4.72. The van der Waals surface area contributed by atoms with Crippen LogP contribution in [-0.4, -0.2) is 5.71 Å². The van der Waals surface area contributed by atoms with Crippen LogP contribution in [-0.2, 0) is 0 Å². The molecule has 1 N–H and O–H groups in total. The summed E-state index contributed by atoms with van der Waals surface area (Å²) in [5.74, 6) is 0. The Morgan fingerprint density at radius 1 is 0.654 bits per heavy atom. The average Bonchev–Trinajstić information content (AvgIpc) is 2.70. The van der Waals surface area contributed by atoms with Gasteiger partial charge >= 0.3 is 0 Å². The monoisotopic (exact) mass is 400 g/mol. The van der Waals surface area contributed by atoms with Gasteiger partial charge in [0.1, 0.15) is 0 Å². The minimum absolute atomic E-state index is 0.909. The van der Waals surface area contributed by atoms with Crippen LogP contribution in [0, 0.1) is 0 Å². The molecule has 4 aromatic rings. The highest BCUT2D eigenvalue weighted by molar-refractivity contribution is 9.10. The minimum atomic E-state index is 0.909. The minimum Gasteiger partial charge on any atom is -0.278 e. The number of fused-ring (bicyclic) bond motifs is 1. The number of anilines is 1. The second-order valence-electron chi connectivity index (χ2n) is 6.01. The van der Waals surface area contributed by atoms with Crippen molar-refractivity contribution in [3.8, 4) is 0 Å². The van der Waals surface area contributed by atoms with Crippen LogP contribution in [0.25, 0.3) is 10.8 Å². The lowest BCUT2D eigenvalue weighted by Gasteiger charge is -2.09. The fourth-order valence-corrected chi connectivity index (χ4v) is 3.14. The van der Waals surface area contributed by atoms with E-state index in [1.807, 2.05) is 36.4 Å². The zero-order chi connectivity index (χ0) is 17.8. The van der Waals surface area contributed by atoms with Crippen LogP contribution < -0.4 is 5.43 Å². The number of hydrazone groups is 1. The number of benzene rings is 4. The number of rotatable bonds is 4. The van der Waals surface area contributed by atoms with Crippen molar-refractivity contribution in [3.63, 3.8) is 0 Å². The third-order valence-electron chi connectivity index (χ3n) is 4.21. The van der Waals surface area contributed by atoms with Crippen LogP contribution in [0.5, 0.6) is 0 Å². The van der Waals surface area contributed by atoms with Crippen molar-refractivity contribution in [3.05, 3.63) is 113 Å². The lowest BCUT2D eigenvalue weighted by molar-refractivity contribution is 1.33. The smallest absolute Gasteiger partial charge is 0.0977 e. The Morgan fingerprint density at radius 2 is 1.31 bits per heavy atom. The van der Waals surface area contributed by atoms with Crippen molar-refractivity contribution in [2.24, 2.45) is 5.10 Å². The van der Waals surface area contributed by atoms with Gasteiger partial charge in [0.15, 0.2) is 0 Å². The molecule has 0 spiro atoms. The standard InChI is InChI=1S/C23H17BrN2/c24-21-13-10-19(11-14-21)23(18-7-2-1-3-8-18)26-25-22-15-12-17-6-4-5-9-20(17)16-22/h1-16,25H. The molecule has 0 radical (unpaired) electrons. The topological polar surface area (TPSA) is 24.4 Å². The first kappa shape index (κ1) is 16.6. The summed E-state index contributed by atoms with van der Waals surface area (Å²) in [6.07, 6.45) is 0. The van der Waals surface area contributed by atoms with E-state index < -0.39 is 0 Å². The average molecular weight is 401 g/mol. The number of nitrogens with one attached hydrogen (secondary N) is 1. The molecule has 26 heavy (non-hydrogen) atoms. The van der Waals surface area contributed by atoms with Gasteiger partial charge in [-0.2, -0.15) is 5.10 Å². The number of hydrogen-bond donors (Lipinski definition) is 1. The summed E-state index contributed by atoms with van der Waals surface area (Å²) in [6.45, 7) is 0. The Balaban J connectivity index is 1.71. The largest absolute Gasteiger partial charge is 0.278 e. The molecular formula is C23H17BrN2. The summed E-state index contributed by atoms with van der Waals surface area (Å²) in [5.41, 5.74) is 7.24. The summed E-state index contributed by atoms with van der Waals surface area (Å²) in [5, 5.41) is 7.14. The van der Waals surface area contributed by atoms with Crippen molar-refractivity contribution in [1.82, 2.24) is 0 Å². The molecule has 0 aliphatic heterocycles. The highest BCUT2D eigenvalue weighted by Crippen LogP contribution is 2.20. The lowest BCUT2D eigenvalue weighted by Crippen LogP contribution is -2.06. The van der Waals surface area contributed by atoms with E-state index in [0.717, 1.165) is 27.0 Å². The Kier molecular flexibility index (Phi) is 4.80. The normalized spacial score (nSPS) is 11.5. The van der Waals surface area contributed by atoms with Crippen molar-refractivity contribution in [2.75, 3.05) is 5.43 Å². The van der Waals surface area contributed by atoms with Gasteiger partial charge in [0.2, 0.25) is 0 Å². The van der Waals surface area contributed by atoms with E-state index >= 15 is 0 Å². The molecule has 0 saturated heterocycles. The summed E-state index contributed by atoms with van der Waals surface area (Å²) >= 11 is 3.49. The first-order chi connectivity index (χ1) is 12.8. The molecule has 0 unspecified atom stereocenters. The van der Waals surface area contributed by atoms with E-state index in [2.05, 4.69) is 82.0 Å². The summed E-state index contributed by atoms with van der Waals surface area (Å²) in [7, 11) is 0. The molecule has 3 heteroatoms. The number of hydrogen-bond acceptors (Lipinski definition) is 2.